The van der Waals surface area contributed by atoms with Crippen LogP contribution in [0.15, 0.2) is 41.6 Å². The largest absolute Gasteiger partial charge is 0.475 e. The van der Waals surface area contributed by atoms with E-state index in [0.29, 0.717) is 11.4 Å². The van der Waals surface area contributed by atoms with Crippen molar-refractivity contribution >= 4 is 5.78 Å². The highest BCUT2D eigenvalue weighted by atomic mass is 16.6. The number of hydrogen-bond acceptors (Lipinski definition) is 2. The number of aliphatic hydroxyl groups excluding tert-OH is 1. The van der Waals surface area contributed by atoms with Gasteiger partial charge in [-0.2, -0.15) is 0 Å². The summed E-state index contributed by atoms with van der Waals surface area (Å²) in [6.07, 6.45) is 7.22. The number of aliphatic hydroxyl groups is 1. The van der Waals surface area contributed by atoms with Crippen LogP contribution in [0.5, 0.6) is 0 Å². The van der Waals surface area contributed by atoms with Crippen LogP contribution in [-0.2, 0) is 9.16 Å². The number of allylic oxidation sites excluding steroid dienone is 5. The first-order valence-electron chi connectivity index (χ1n) is 3.78. The van der Waals surface area contributed by atoms with Gasteiger partial charge in [-0.3, -0.25) is 4.42 Å². The molecule has 0 unspecified atom stereocenters. The first-order valence-corrected chi connectivity index (χ1v) is 3.78. The normalized spacial score (nSPS) is 17.4. The number of methoxy groups -OCH3 is 1. The van der Waals surface area contributed by atoms with E-state index in [2.05, 4.69) is 10.5 Å². The molecule has 0 spiro atoms. The van der Waals surface area contributed by atoms with Crippen molar-refractivity contribution in [3.05, 3.63) is 41.6 Å². The molecule has 0 saturated heterocycles. The minimum absolute atomic E-state index is 0.260. The van der Waals surface area contributed by atoms with Gasteiger partial charge in [-0.05, 0) is 11.8 Å². The molecule has 0 aliphatic heterocycles. The molecule has 0 saturated carbocycles. The lowest BCUT2D eigenvalue weighted by Gasteiger charge is -1.94. The van der Waals surface area contributed by atoms with Gasteiger partial charge in [0.05, 0.1) is 7.11 Å². The predicted molar refractivity (Wildman–Crippen MR) is 49.4 cm³/mol. The summed E-state index contributed by atoms with van der Waals surface area (Å²) in [7, 11) is 2.93. The number of rotatable bonds is 1. The quantitative estimate of drug-likeness (QED) is 0.286. The predicted octanol–water partition coefficient (Wildman–Crippen LogP) is 1.42. The van der Waals surface area contributed by atoms with E-state index in [0.717, 1.165) is 0 Å². The van der Waals surface area contributed by atoms with Crippen molar-refractivity contribution in [3.63, 3.8) is 0 Å². The topological polar surface area (TPSA) is 40.8 Å². The van der Waals surface area contributed by atoms with Crippen LogP contribution in [-0.4, -0.2) is 25.1 Å². The number of ether oxygens (including phenoxy) is 1. The summed E-state index contributed by atoms with van der Waals surface area (Å²) >= 11 is 0. The van der Waals surface area contributed by atoms with Crippen molar-refractivity contribution in [1.29, 1.82) is 0 Å². The van der Waals surface area contributed by atoms with E-state index in [1.165, 1.54) is 7.11 Å². The molecule has 1 aliphatic carbocycles. The number of ketones is 1. The molecule has 3 nitrogen and oxygen atoms in total. The standard InChI is InChI=1S/C10H10O3/c1-12-9-6-4-3-5-8(9)7-10(11)13-2/h3-6H,1-2H3/p+1. The maximum absolute atomic E-state index is 9.06. The monoisotopic (exact) mass is 179 g/mol. The van der Waals surface area contributed by atoms with E-state index in [4.69, 9.17) is 9.53 Å². The molecule has 0 fully saturated rings. The summed E-state index contributed by atoms with van der Waals surface area (Å²) in [5.41, 5.74) is 3.29. The summed E-state index contributed by atoms with van der Waals surface area (Å²) in [5, 5.41) is 9.06. The minimum Gasteiger partial charge on any atom is -0.475 e. The van der Waals surface area contributed by atoms with E-state index in [1.54, 1.807) is 19.3 Å². The zero-order valence-corrected chi connectivity index (χ0v) is 7.57. The van der Waals surface area contributed by atoms with Crippen LogP contribution < -0.4 is 0 Å². The zero-order chi connectivity index (χ0) is 9.68. The molecule has 0 aromatic heterocycles. The Kier molecular flexibility index (Phi) is 3.12. The molecule has 1 N–H and O–H groups in total. The first kappa shape index (κ1) is 9.36. The van der Waals surface area contributed by atoms with Gasteiger partial charge in [0.2, 0.25) is 0 Å². The Labute approximate surface area is 76.6 Å². The maximum atomic E-state index is 9.06. The third kappa shape index (κ3) is 2.36. The molecule has 13 heavy (non-hydrogen) atoms. The molecule has 0 heterocycles. The Morgan fingerprint density at radius 1 is 1.46 bits per heavy atom. The lowest BCUT2D eigenvalue weighted by Crippen LogP contribution is -2.01. The summed E-state index contributed by atoms with van der Waals surface area (Å²) < 4.78 is 9.61. The van der Waals surface area contributed by atoms with Gasteiger partial charge >= 0.3 is 11.7 Å². The van der Waals surface area contributed by atoms with Crippen LogP contribution in [0, 0.1) is 0 Å². The van der Waals surface area contributed by atoms with Crippen molar-refractivity contribution in [3.8, 4) is 0 Å². The average molecular weight is 179 g/mol. The van der Waals surface area contributed by atoms with Gasteiger partial charge in [0.1, 0.15) is 5.57 Å². The zero-order valence-electron chi connectivity index (χ0n) is 7.57. The third-order valence-electron chi connectivity index (χ3n) is 1.54. The average Bonchev–Trinajstić information content (AvgIpc) is 2.18. The van der Waals surface area contributed by atoms with Crippen molar-refractivity contribution in [2.24, 2.45) is 0 Å². The second-order valence-corrected chi connectivity index (χ2v) is 2.33. The van der Waals surface area contributed by atoms with Gasteiger partial charge in [-0.15, -0.1) is 0 Å². The lowest BCUT2D eigenvalue weighted by atomic mass is 10.1. The van der Waals surface area contributed by atoms with Gasteiger partial charge < -0.3 is 9.84 Å². The summed E-state index contributed by atoms with van der Waals surface area (Å²) in [5.74, 6) is 0.385. The fraction of sp³-hybridized carbons (Fsp3) is 0.200. The van der Waals surface area contributed by atoms with Crippen LogP contribution >= 0.6 is 0 Å². The summed E-state index contributed by atoms with van der Waals surface area (Å²) in [4.78, 5) is 0. The van der Waals surface area contributed by atoms with E-state index >= 15 is 0 Å². The molecule has 0 atom stereocenters. The van der Waals surface area contributed by atoms with E-state index in [9.17, 15) is 0 Å². The molecule has 1 aliphatic rings. The summed E-state index contributed by atoms with van der Waals surface area (Å²) in [6, 6.07) is 0. The third-order valence-corrected chi connectivity index (χ3v) is 1.54. The Balaban J connectivity index is 3.12. The van der Waals surface area contributed by atoms with Gasteiger partial charge in [-0.1, -0.05) is 12.2 Å². The maximum Gasteiger partial charge on any atom is 0.358 e. The molecular formula is C10H11O3+. The molecule has 0 aromatic carbocycles. The second kappa shape index (κ2) is 4.33. The fourth-order valence-electron chi connectivity index (χ4n) is 0.914. The molecule has 68 valence electrons. The SMILES string of the molecule is COC(O)=C=C1C=CC=CC1=[O+]C. The Hall–Kier alpha value is -1.73. The van der Waals surface area contributed by atoms with Crippen molar-refractivity contribution in [1.82, 2.24) is 0 Å². The Morgan fingerprint density at radius 2 is 2.15 bits per heavy atom. The Bertz CT molecular complexity index is 339. The van der Waals surface area contributed by atoms with Crippen LogP contribution in [0.2, 0.25) is 0 Å². The molecule has 0 bridgehead atoms. The highest BCUT2D eigenvalue weighted by Gasteiger charge is 2.13. The Morgan fingerprint density at radius 3 is 2.77 bits per heavy atom. The molecular weight excluding hydrogens is 168 g/mol. The first-order chi connectivity index (χ1) is 6.27. The minimum atomic E-state index is -0.260. The lowest BCUT2D eigenvalue weighted by molar-refractivity contribution is -0.418. The number of carbonyl (C=O) groups excluding carboxylic acids is 1. The highest BCUT2D eigenvalue weighted by Crippen LogP contribution is 2.06. The van der Waals surface area contributed by atoms with Gasteiger partial charge in [-0.25, -0.2) is 0 Å². The van der Waals surface area contributed by atoms with E-state index in [-0.39, 0.29) is 5.95 Å². The smallest absolute Gasteiger partial charge is 0.358 e. The van der Waals surface area contributed by atoms with E-state index in [1.807, 2.05) is 12.2 Å². The van der Waals surface area contributed by atoms with Gasteiger partial charge in [0.15, 0.2) is 0 Å². The highest BCUT2D eigenvalue weighted by molar-refractivity contribution is 6.07. The van der Waals surface area contributed by atoms with Gasteiger partial charge in [0, 0.05) is 6.08 Å². The van der Waals surface area contributed by atoms with Crippen molar-refractivity contribution < 1.29 is 14.3 Å². The van der Waals surface area contributed by atoms with Crippen LogP contribution in [0.1, 0.15) is 0 Å². The van der Waals surface area contributed by atoms with Crippen LogP contribution in [0.25, 0.3) is 0 Å². The molecule has 3 heteroatoms. The summed E-state index contributed by atoms with van der Waals surface area (Å²) in [6.45, 7) is 0. The van der Waals surface area contributed by atoms with E-state index < -0.39 is 0 Å². The van der Waals surface area contributed by atoms with Gasteiger partial charge in [0.25, 0.3) is 7.11 Å². The second-order valence-electron chi connectivity index (χ2n) is 2.33. The molecule has 0 amide bonds. The van der Waals surface area contributed by atoms with Crippen LogP contribution in [0.4, 0.5) is 0 Å². The molecule has 1 rings (SSSR count). The van der Waals surface area contributed by atoms with Crippen LogP contribution in [0.3, 0.4) is 0 Å². The fourth-order valence-corrected chi connectivity index (χ4v) is 0.914. The molecule has 0 radical (unpaired) electrons. The number of hydrogen-bond donors (Lipinski definition) is 1. The molecule has 0 aromatic rings. The van der Waals surface area contributed by atoms with Crippen molar-refractivity contribution in [2.45, 2.75) is 0 Å². The van der Waals surface area contributed by atoms with Crippen molar-refractivity contribution in [2.75, 3.05) is 14.2 Å².